The summed E-state index contributed by atoms with van der Waals surface area (Å²) in [4.78, 5) is 29.4. The Kier molecular flexibility index (Phi) is 3.51. The fourth-order valence-electron chi connectivity index (χ4n) is 2.58. The number of hydrogen-bond acceptors (Lipinski definition) is 4. The van der Waals surface area contributed by atoms with Crippen molar-refractivity contribution in [2.24, 2.45) is 0 Å². The van der Waals surface area contributed by atoms with Crippen molar-refractivity contribution in [3.63, 3.8) is 0 Å². The summed E-state index contributed by atoms with van der Waals surface area (Å²) in [5, 5.41) is 9.55. The molecule has 1 saturated heterocycles. The minimum Gasteiger partial charge on any atom is -0.493 e. The molecule has 6 heteroatoms. The Balaban J connectivity index is 1.70. The van der Waals surface area contributed by atoms with Gasteiger partial charge in [0.1, 0.15) is 5.78 Å². The van der Waals surface area contributed by atoms with Crippen molar-refractivity contribution in [1.82, 2.24) is 9.97 Å². The molecule has 2 heterocycles. The second-order valence-electron chi connectivity index (χ2n) is 5.28. The lowest BCUT2D eigenvalue weighted by molar-refractivity contribution is -0.119. The Morgan fingerprint density at radius 1 is 1.05 bits per heavy atom. The molecule has 0 spiro atoms. The van der Waals surface area contributed by atoms with E-state index >= 15 is 0 Å². The fraction of sp³-hybridized carbons (Fsp3) is 0.333. The zero-order valence-electron chi connectivity index (χ0n) is 11.6. The fourth-order valence-corrected chi connectivity index (χ4v) is 2.58. The Morgan fingerprint density at radius 2 is 1.71 bits per heavy atom. The van der Waals surface area contributed by atoms with Crippen molar-refractivity contribution in [3.8, 4) is 5.88 Å². The number of carbonyl (C=O) groups excluding carboxylic acids is 1. The number of nitrogens with one attached hydrogen (secondary N) is 2. The number of ketones is 1. The van der Waals surface area contributed by atoms with Crippen LogP contribution in [0.3, 0.4) is 0 Å². The maximum absolute atomic E-state index is 11.2. The summed E-state index contributed by atoms with van der Waals surface area (Å²) in [6.07, 6.45) is 1.68. The van der Waals surface area contributed by atoms with Gasteiger partial charge in [-0.2, -0.15) is 0 Å². The number of aromatic nitrogens is 2. The van der Waals surface area contributed by atoms with E-state index in [-0.39, 0.29) is 5.88 Å². The molecule has 1 aromatic carbocycles. The lowest BCUT2D eigenvalue weighted by Gasteiger charge is -2.28. The zero-order valence-corrected chi connectivity index (χ0v) is 11.6. The van der Waals surface area contributed by atoms with E-state index in [1.165, 1.54) is 0 Å². The van der Waals surface area contributed by atoms with Crippen molar-refractivity contribution < 1.29 is 9.90 Å². The van der Waals surface area contributed by atoms with Gasteiger partial charge in [0.25, 0.3) is 0 Å². The number of aromatic hydroxyl groups is 1. The first-order valence-corrected chi connectivity index (χ1v) is 6.97. The molecule has 1 aliphatic heterocycles. The molecule has 2 aromatic rings. The smallest absolute Gasteiger partial charge is 0.325 e. The third-order valence-corrected chi connectivity index (χ3v) is 3.79. The highest BCUT2D eigenvalue weighted by atomic mass is 16.3. The minimum atomic E-state index is -0.405. The van der Waals surface area contributed by atoms with E-state index in [1.54, 1.807) is 0 Å². The van der Waals surface area contributed by atoms with Crippen LogP contribution >= 0.6 is 0 Å². The van der Waals surface area contributed by atoms with E-state index in [9.17, 15) is 14.7 Å². The number of benzene rings is 1. The molecule has 3 rings (SSSR count). The topological polar surface area (TPSA) is 89.2 Å². The molecule has 0 unspecified atom stereocenters. The number of hydrogen-bond donors (Lipinski definition) is 3. The summed E-state index contributed by atoms with van der Waals surface area (Å²) < 4.78 is 0. The van der Waals surface area contributed by atoms with Crippen LogP contribution in [0.2, 0.25) is 0 Å². The van der Waals surface area contributed by atoms with E-state index in [1.807, 2.05) is 24.3 Å². The van der Waals surface area contributed by atoms with E-state index in [4.69, 9.17) is 0 Å². The lowest BCUT2D eigenvalue weighted by Crippen LogP contribution is -2.33. The number of imidazole rings is 1. The normalized spacial score (nSPS) is 15.4. The molecule has 1 fully saturated rings. The summed E-state index contributed by atoms with van der Waals surface area (Å²) in [6, 6.07) is 7.95. The molecule has 1 aliphatic rings. The first-order chi connectivity index (χ1) is 10.1. The molecule has 0 amide bonds. The van der Waals surface area contributed by atoms with Gasteiger partial charge in [0, 0.05) is 38.0 Å². The molecular formula is C15H17N3O3. The Hall–Kier alpha value is -2.50. The predicted molar refractivity (Wildman–Crippen MR) is 78.8 cm³/mol. The summed E-state index contributed by atoms with van der Waals surface area (Å²) in [7, 11) is 0. The van der Waals surface area contributed by atoms with Crippen LogP contribution in [0.1, 0.15) is 24.1 Å². The summed E-state index contributed by atoms with van der Waals surface area (Å²) in [5.74, 6) is 0.216. The van der Waals surface area contributed by atoms with Crippen LogP contribution in [-0.4, -0.2) is 33.9 Å². The quantitative estimate of drug-likeness (QED) is 0.790. The molecule has 3 N–H and O–H groups in total. The van der Waals surface area contributed by atoms with E-state index in [2.05, 4.69) is 14.9 Å². The van der Waals surface area contributed by atoms with Crippen molar-refractivity contribution in [1.29, 1.82) is 0 Å². The van der Waals surface area contributed by atoms with Gasteiger partial charge in [-0.3, -0.25) is 9.78 Å². The number of rotatable bonds is 3. The second-order valence-corrected chi connectivity index (χ2v) is 5.28. The van der Waals surface area contributed by atoms with Crippen LogP contribution in [0.4, 0.5) is 5.69 Å². The monoisotopic (exact) mass is 287 g/mol. The molecule has 0 saturated carbocycles. The minimum absolute atomic E-state index is 0.112. The summed E-state index contributed by atoms with van der Waals surface area (Å²) in [5.41, 5.74) is 2.17. The molecule has 110 valence electrons. The number of nitrogens with zero attached hydrogens (tertiary/aromatic N) is 1. The summed E-state index contributed by atoms with van der Waals surface area (Å²) in [6.45, 7) is 1.54. The highest BCUT2D eigenvalue weighted by Crippen LogP contribution is 2.21. The van der Waals surface area contributed by atoms with Gasteiger partial charge in [-0.15, -0.1) is 0 Å². The van der Waals surface area contributed by atoms with Crippen molar-refractivity contribution in [2.45, 2.75) is 19.3 Å². The van der Waals surface area contributed by atoms with Crippen LogP contribution in [-0.2, 0) is 11.2 Å². The van der Waals surface area contributed by atoms with Crippen LogP contribution < -0.4 is 10.6 Å². The maximum atomic E-state index is 11.2. The van der Waals surface area contributed by atoms with Gasteiger partial charge in [-0.25, -0.2) is 4.79 Å². The average molecular weight is 287 g/mol. The molecule has 0 aliphatic carbocycles. The van der Waals surface area contributed by atoms with Gasteiger partial charge in [0.05, 0.1) is 5.69 Å². The third-order valence-electron chi connectivity index (χ3n) is 3.79. The first kappa shape index (κ1) is 13.5. The number of anilines is 1. The zero-order chi connectivity index (χ0) is 14.8. The van der Waals surface area contributed by atoms with Crippen LogP contribution in [0.15, 0.2) is 29.1 Å². The molecular weight excluding hydrogens is 270 g/mol. The van der Waals surface area contributed by atoms with E-state index < -0.39 is 5.69 Å². The number of piperidine rings is 1. The van der Waals surface area contributed by atoms with E-state index in [0.29, 0.717) is 30.7 Å². The average Bonchev–Trinajstić information content (AvgIpc) is 2.79. The van der Waals surface area contributed by atoms with Gasteiger partial charge in [0.15, 0.2) is 0 Å². The van der Waals surface area contributed by atoms with Gasteiger partial charge in [0.2, 0.25) is 5.88 Å². The molecule has 1 aromatic heterocycles. The Labute approximate surface area is 121 Å². The number of carbonyl (C=O) groups is 1. The van der Waals surface area contributed by atoms with Crippen molar-refractivity contribution in [3.05, 3.63) is 46.0 Å². The van der Waals surface area contributed by atoms with Crippen molar-refractivity contribution in [2.75, 3.05) is 18.0 Å². The number of aromatic amines is 2. The second kappa shape index (κ2) is 5.47. The van der Waals surface area contributed by atoms with Crippen LogP contribution in [0, 0.1) is 0 Å². The Morgan fingerprint density at radius 3 is 2.29 bits per heavy atom. The highest BCUT2D eigenvalue weighted by Gasteiger charge is 2.16. The van der Waals surface area contributed by atoms with Gasteiger partial charge >= 0.3 is 5.69 Å². The molecule has 6 nitrogen and oxygen atoms in total. The SMILES string of the molecule is O=C1CCN(c2ccc(Cc3[nH]c(=O)[nH]c3O)cc2)CC1. The van der Waals surface area contributed by atoms with Crippen LogP contribution in [0.25, 0.3) is 0 Å². The molecule has 0 bridgehead atoms. The van der Waals surface area contributed by atoms with Crippen molar-refractivity contribution >= 4 is 11.5 Å². The highest BCUT2D eigenvalue weighted by molar-refractivity contribution is 5.81. The first-order valence-electron chi connectivity index (χ1n) is 6.97. The predicted octanol–water partition coefficient (Wildman–Crippen LogP) is 1.17. The van der Waals surface area contributed by atoms with Gasteiger partial charge in [-0.1, -0.05) is 12.1 Å². The maximum Gasteiger partial charge on any atom is 0.325 e. The lowest BCUT2D eigenvalue weighted by atomic mass is 10.1. The Bertz CT molecular complexity index is 690. The van der Waals surface area contributed by atoms with Gasteiger partial charge in [-0.05, 0) is 17.7 Å². The molecule has 0 atom stereocenters. The van der Waals surface area contributed by atoms with Gasteiger partial charge < -0.3 is 15.0 Å². The third kappa shape index (κ3) is 2.99. The molecule has 0 radical (unpaired) electrons. The standard InChI is InChI=1S/C15H17N3O3/c19-12-5-7-18(8-6-12)11-3-1-10(2-4-11)9-13-14(20)17-15(21)16-13/h1-4,20H,5-9H2,(H2,16,17,21). The van der Waals surface area contributed by atoms with Crippen LogP contribution in [0.5, 0.6) is 5.88 Å². The number of Topliss-reactive ketones (excluding diaryl/α,β-unsaturated/α-hetero) is 1. The summed E-state index contributed by atoms with van der Waals surface area (Å²) >= 11 is 0. The van der Waals surface area contributed by atoms with E-state index in [0.717, 1.165) is 24.3 Å². The molecule has 21 heavy (non-hydrogen) atoms. The number of H-pyrrole nitrogens is 2. The largest absolute Gasteiger partial charge is 0.493 e.